The maximum absolute atomic E-state index is 6.50. The van der Waals surface area contributed by atoms with E-state index in [0.717, 1.165) is 50.0 Å². The summed E-state index contributed by atoms with van der Waals surface area (Å²) in [6, 6.07) is 81.6. The Kier molecular flexibility index (Phi) is 7.36. The van der Waals surface area contributed by atoms with Gasteiger partial charge in [-0.2, -0.15) is 0 Å². The lowest BCUT2D eigenvalue weighted by Gasteiger charge is -2.11. The van der Waals surface area contributed by atoms with E-state index in [1.807, 2.05) is 6.07 Å². The number of hydrogen-bond acceptors (Lipinski definition) is 1. The maximum atomic E-state index is 6.50. The van der Waals surface area contributed by atoms with Gasteiger partial charge >= 0.3 is 0 Å². The zero-order valence-electron chi connectivity index (χ0n) is 34.6. The zero-order valence-corrected chi connectivity index (χ0v) is 34.6. The molecule has 0 N–H and O–H groups in total. The minimum atomic E-state index is 0.876. The fourth-order valence-electron chi connectivity index (χ4n) is 10.5. The molecule has 0 saturated heterocycles. The van der Waals surface area contributed by atoms with Gasteiger partial charge in [0.25, 0.3) is 0 Å². The number of nitrogens with zero attached hydrogens (tertiary/aromatic N) is 3. The standard InChI is InChI=1S/C60H37N3O/c1-3-13-42(14-4-1)61-53-20-10-7-17-45(53)51-33-38(25-31-55(51)61)40-23-28-47-48-29-24-41(39-26-32-56-52(34-39)46-18-8-11-21-54(46)62(56)43-15-5-2-6-16-43)36-58(48)63(57(47)35-40)44-27-30-50-49-19-9-12-22-59(49)64-60(50)37-44/h1-37H. The van der Waals surface area contributed by atoms with Crippen LogP contribution < -0.4 is 0 Å². The van der Waals surface area contributed by atoms with Crippen molar-refractivity contribution < 1.29 is 4.42 Å². The summed E-state index contributed by atoms with van der Waals surface area (Å²) in [7, 11) is 0. The van der Waals surface area contributed by atoms with E-state index < -0.39 is 0 Å². The average molecular weight is 816 g/mol. The summed E-state index contributed by atoms with van der Waals surface area (Å²) in [6.45, 7) is 0. The molecule has 0 spiro atoms. The summed E-state index contributed by atoms with van der Waals surface area (Å²) in [5.74, 6) is 0. The highest BCUT2D eigenvalue weighted by molar-refractivity contribution is 6.15. The molecule has 0 fully saturated rings. The highest BCUT2D eigenvalue weighted by Gasteiger charge is 2.19. The van der Waals surface area contributed by atoms with Crippen LogP contribution in [0.15, 0.2) is 229 Å². The Balaban J connectivity index is 0.982. The number of para-hydroxylation sites is 5. The number of furan rings is 1. The minimum Gasteiger partial charge on any atom is -0.456 e. The lowest BCUT2D eigenvalue weighted by atomic mass is 10.00. The molecule has 4 aromatic heterocycles. The molecule has 298 valence electrons. The molecule has 4 nitrogen and oxygen atoms in total. The average Bonchev–Trinajstić information content (AvgIpc) is 4.09. The second-order valence-electron chi connectivity index (χ2n) is 16.9. The van der Waals surface area contributed by atoms with Crippen molar-refractivity contribution in [2.24, 2.45) is 0 Å². The molecule has 14 aromatic rings. The monoisotopic (exact) mass is 815 g/mol. The van der Waals surface area contributed by atoms with Crippen LogP contribution in [-0.2, 0) is 0 Å². The highest BCUT2D eigenvalue weighted by atomic mass is 16.3. The Hall–Kier alpha value is -8.60. The van der Waals surface area contributed by atoms with Crippen LogP contribution in [0.5, 0.6) is 0 Å². The first-order valence-corrected chi connectivity index (χ1v) is 21.9. The first-order chi connectivity index (χ1) is 31.7. The third-order valence-corrected chi connectivity index (χ3v) is 13.4. The van der Waals surface area contributed by atoms with Crippen molar-refractivity contribution >= 4 is 87.4 Å². The second kappa shape index (κ2) is 13.4. The van der Waals surface area contributed by atoms with Crippen molar-refractivity contribution in [3.05, 3.63) is 224 Å². The Labute approximate surface area is 367 Å². The zero-order chi connectivity index (χ0) is 41.9. The summed E-state index contributed by atoms with van der Waals surface area (Å²) in [6.07, 6.45) is 0. The van der Waals surface area contributed by atoms with E-state index in [4.69, 9.17) is 4.42 Å². The molecule has 4 heterocycles. The highest BCUT2D eigenvalue weighted by Crippen LogP contribution is 2.42. The van der Waals surface area contributed by atoms with Crippen LogP contribution in [0.25, 0.3) is 127 Å². The predicted molar refractivity (Wildman–Crippen MR) is 268 cm³/mol. The van der Waals surface area contributed by atoms with Gasteiger partial charge in [-0.15, -0.1) is 0 Å². The van der Waals surface area contributed by atoms with E-state index in [-0.39, 0.29) is 0 Å². The summed E-state index contributed by atoms with van der Waals surface area (Å²) >= 11 is 0. The molecule has 0 atom stereocenters. The molecule has 0 aliphatic rings. The van der Waals surface area contributed by atoms with Gasteiger partial charge in [-0.3, -0.25) is 0 Å². The summed E-state index contributed by atoms with van der Waals surface area (Å²) < 4.78 is 13.7. The van der Waals surface area contributed by atoms with E-state index in [0.29, 0.717) is 0 Å². The summed E-state index contributed by atoms with van der Waals surface area (Å²) in [4.78, 5) is 0. The minimum absolute atomic E-state index is 0.876. The lowest BCUT2D eigenvalue weighted by Crippen LogP contribution is -1.94. The normalized spacial score (nSPS) is 12.1. The van der Waals surface area contributed by atoms with Gasteiger partial charge in [-0.1, -0.05) is 127 Å². The molecule has 4 heteroatoms. The second-order valence-corrected chi connectivity index (χ2v) is 16.9. The van der Waals surface area contributed by atoms with Gasteiger partial charge in [0.05, 0.1) is 33.1 Å². The third kappa shape index (κ3) is 5.11. The molecule has 0 aliphatic heterocycles. The Bertz CT molecular complexity index is 3970. The molecular weight excluding hydrogens is 779 g/mol. The maximum Gasteiger partial charge on any atom is 0.137 e. The molecule has 14 rings (SSSR count). The molecule has 0 saturated carbocycles. The van der Waals surface area contributed by atoms with E-state index in [2.05, 4.69) is 232 Å². The largest absolute Gasteiger partial charge is 0.456 e. The molecule has 0 amide bonds. The van der Waals surface area contributed by atoms with E-state index in [1.165, 1.54) is 76.6 Å². The number of rotatable bonds is 5. The summed E-state index contributed by atoms with van der Waals surface area (Å²) in [5.41, 5.74) is 16.9. The summed E-state index contributed by atoms with van der Waals surface area (Å²) in [5, 5.41) is 9.62. The van der Waals surface area contributed by atoms with Crippen molar-refractivity contribution in [1.29, 1.82) is 0 Å². The van der Waals surface area contributed by atoms with Gasteiger partial charge in [0.1, 0.15) is 11.2 Å². The van der Waals surface area contributed by atoms with E-state index in [9.17, 15) is 0 Å². The Morgan fingerprint density at radius 1 is 0.219 bits per heavy atom. The van der Waals surface area contributed by atoms with Gasteiger partial charge in [0, 0.05) is 66.2 Å². The van der Waals surface area contributed by atoms with Gasteiger partial charge in [0.2, 0.25) is 0 Å². The van der Waals surface area contributed by atoms with Gasteiger partial charge < -0.3 is 18.1 Å². The van der Waals surface area contributed by atoms with Crippen LogP contribution in [0.4, 0.5) is 0 Å². The molecule has 0 unspecified atom stereocenters. The molecule has 0 radical (unpaired) electrons. The van der Waals surface area contributed by atoms with E-state index >= 15 is 0 Å². The van der Waals surface area contributed by atoms with Crippen LogP contribution in [0.2, 0.25) is 0 Å². The molecule has 0 aliphatic carbocycles. The van der Waals surface area contributed by atoms with Crippen molar-refractivity contribution in [1.82, 2.24) is 13.7 Å². The Morgan fingerprint density at radius 2 is 0.609 bits per heavy atom. The van der Waals surface area contributed by atoms with Crippen molar-refractivity contribution in [3.8, 4) is 39.3 Å². The van der Waals surface area contributed by atoms with Crippen molar-refractivity contribution in [2.45, 2.75) is 0 Å². The molecular formula is C60H37N3O. The van der Waals surface area contributed by atoms with E-state index in [1.54, 1.807) is 0 Å². The molecule has 10 aromatic carbocycles. The molecule has 0 bridgehead atoms. The number of aromatic nitrogens is 3. The van der Waals surface area contributed by atoms with Crippen molar-refractivity contribution in [3.63, 3.8) is 0 Å². The number of fused-ring (bicyclic) bond motifs is 12. The molecule has 64 heavy (non-hydrogen) atoms. The van der Waals surface area contributed by atoms with Crippen LogP contribution >= 0.6 is 0 Å². The van der Waals surface area contributed by atoms with Crippen LogP contribution in [0, 0.1) is 0 Å². The predicted octanol–water partition coefficient (Wildman–Crippen LogP) is 16.2. The van der Waals surface area contributed by atoms with Crippen LogP contribution in [0.3, 0.4) is 0 Å². The Morgan fingerprint density at radius 3 is 1.17 bits per heavy atom. The fraction of sp³-hybridized carbons (Fsp3) is 0. The quantitative estimate of drug-likeness (QED) is 0.170. The van der Waals surface area contributed by atoms with Crippen LogP contribution in [-0.4, -0.2) is 13.7 Å². The smallest absolute Gasteiger partial charge is 0.137 e. The third-order valence-electron chi connectivity index (χ3n) is 13.4. The van der Waals surface area contributed by atoms with Crippen LogP contribution in [0.1, 0.15) is 0 Å². The topological polar surface area (TPSA) is 27.9 Å². The van der Waals surface area contributed by atoms with Gasteiger partial charge in [-0.05, 0) is 113 Å². The SMILES string of the molecule is c1ccc(-n2c3ccccc3c3cc(-c4ccc5c6ccc(-c7ccc8c(c7)c7ccccc7n8-c7ccccc7)cc6n(-c6ccc7c(c6)oc6ccccc67)c5c4)ccc32)cc1. The fourth-order valence-corrected chi connectivity index (χ4v) is 10.5. The van der Waals surface area contributed by atoms with Gasteiger partial charge in [-0.25, -0.2) is 0 Å². The van der Waals surface area contributed by atoms with Gasteiger partial charge in [0.15, 0.2) is 0 Å². The van der Waals surface area contributed by atoms with Crippen molar-refractivity contribution in [2.75, 3.05) is 0 Å². The number of hydrogen-bond donors (Lipinski definition) is 0. The first-order valence-electron chi connectivity index (χ1n) is 21.9. The number of benzene rings is 10. The first kappa shape index (κ1) is 35.0. The lowest BCUT2D eigenvalue weighted by molar-refractivity contribution is 0.668.